The van der Waals surface area contributed by atoms with Gasteiger partial charge in [-0.15, -0.1) is 0 Å². The molecule has 7 atom stereocenters. The average molecular weight is 433 g/mol. The maximum absolute atomic E-state index is 10.3. The van der Waals surface area contributed by atoms with E-state index in [9.17, 15) is 20.4 Å². The van der Waals surface area contributed by atoms with Crippen LogP contribution in [0.1, 0.15) is 85.5 Å². The predicted octanol–water partition coefficient (Wildman–Crippen LogP) is 4.68. The van der Waals surface area contributed by atoms with Gasteiger partial charge in [-0.2, -0.15) is 0 Å². The maximum Gasteiger partial charge on any atom is 0.0849 e. The van der Waals surface area contributed by atoms with Gasteiger partial charge in [0.25, 0.3) is 0 Å². The summed E-state index contributed by atoms with van der Waals surface area (Å²) in [6.07, 6.45) is 11.1. The molecule has 0 saturated heterocycles. The number of hydrogen-bond donors (Lipinski definition) is 4. The normalized spacial score (nSPS) is 39.0. The Hall–Kier alpha value is -0.940. The van der Waals surface area contributed by atoms with E-state index in [1.54, 1.807) is 13.8 Å². The molecule has 3 fully saturated rings. The zero-order valence-electron chi connectivity index (χ0n) is 20.0. The summed E-state index contributed by atoms with van der Waals surface area (Å²) >= 11 is 0. The van der Waals surface area contributed by atoms with Gasteiger partial charge in [-0.1, -0.05) is 38.2 Å². The van der Waals surface area contributed by atoms with Crippen molar-refractivity contribution in [3.63, 3.8) is 0 Å². The van der Waals surface area contributed by atoms with Crippen molar-refractivity contribution in [2.24, 2.45) is 23.2 Å². The molecule has 0 heterocycles. The lowest BCUT2D eigenvalue weighted by atomic mass is 9.60. The van der Waals surface area contributed by atoms with Gasteiger partial charge in [-0.05, 0) is 99.5 Å². The quantitative estimate of drug-likeness (QED) is 0.491. The molecule has 0 spiro atoms. The number of allylic oxidation sites excluding steroid dienone is 3. The highest BCUT2D eigenvalue weighted by atomic mass is 16.3. The molecule has 4 N–H and O–H groups in total. The number of aliphatic hydroxyl groups is 4. The molecule has 3 rings (SSSR count). The van der Waals surface area contributed by atoms with E-state index >= 15 is 0 Å². The van der Waals surface area contributed by atoms with E-state index in [0.29, 0.717) is 37.0 Å². The van der Waals surface area contributed by atoms with Crippen molar-refractivity contribution < 1.29 is 20.4 Å². The molecule has 0 aromatic carbocycles. The second kappa shape index (κ2) is 9.51. The van der Waals surface area contributed by atoms with Gasteiger partial charge in [0.1, 0.15) is 0 Å². The Morgan fingerprint density at radius 1 is 1.19 bits per heavy atom. The minimum atomic E-state index is -1.04. The Kier molecular flexibility index (Phi) is 7.57. The zero-order chi connectivity index (χ0) is 23.0. The third kappa shape index (κ3) is 5.35. The molecule has 0 aliphatic heterocycles. The highest BCUT2D eigenvalue weighted by Gasteiger charge is 2.50. The summed E-state index contributed by atoms with van der Waals surface area (Å²) in [6.45, 7) is 12.2. The van der Waals surface area contributed by atoms with Crippen LogP contribution < -0.4 is 0 Å². The van der Waals surface area contributed by atoms with Gasteiger partial charge < -0.3 is 20.4 Å². The largest absolute Gasteiger partial charge is 0.393 e. The molecule has 31 heavy (non-hydrogen) atoms. The Bertz CT molecular complexity index is 715. The number of fused-ring (bicyclic) bond motifs is 1. The Morgan fingerprint density at radius 2 is 1.90 bits per heavy atom. The maximum atomic E-state index is 10.3. The molecule has 0 radical (unpaired) electrons. The lowest BCUT2D eigenvalue weighted by molar-refractivity contribution is -0.0554. The Morgan fingerprint density at radius 3 is 2.58 bits per heavy atom. The van der Waals surface area contributed by atoms with E-state index in [4.69, 9.17) is 0 Å². The second-order valence-electron chi connectivity index (χ2n) is 11.4. The molecular formula is C27H44O4. The SMILES string of the molecule is C=C1C(=CC=C2CCC[C@@]3(C)C2CC[C@@H]3[C@H](C)CC[C@H](O)C(C)(C)O)C[C@@H](O)C[C@@H]1O. The van der Waals surface area contributed by atoms with Gasteiger partial charge in [0.2, 0.25) is 0 Å². The molecule has 176 valence electrons. The van der Waals surface area contributed by atoms with E-state index in [2.05, 4.69) is 32.6 Å². The van der Waals surface area contributed by atoms with Crippen molar-refractivity contribution in [3.05, 3.63) is 35.5 Å². The third-order valence-corrected chi connectivity index (χ3v) is 8.70. The molecule has 0 bridgehead atoms. The summed E-state index contributed by atoms with van der Waals surface area (Å²) in [5, 5.41) is 40.5. The van der Waals surface area contributed by atoms with Crippen molar-refractivity contribution in [3.8, 4) is 0 Å². The average Bonchev–Trinajstić information content (AvgIpc) is 3.04. The van der Waals surface area contributed by atoms with Crippen LogP contribution in [0, 0.1) is 23.2 Å². The first-order valence-corrected chi connectivity index (χ1v) is 12.3. The van der Waals surface area contributed by atoms with Crippen LogP contribution in [-0.4, -0.2) is 44.3 Å². The smallest absolute Gasteiger partial charge is 0.0849 e. The predicted molar refractivity (Wildman–Crippen MR) is 125 cm³/mol. The van der Waals surface area contributed by atoms with Gasteiger partial charge in [-0.25, -0.2) is 0 Å². The molecule has 3 aliphatic rings. The topological polar surface area (TPSA) is 80.9 Å². The fourth-order valence-electron chi connectivity index (χ4n) is 6.65. The highest BCUT2D eigenvalue weighted by molar-refractivity contribution is 5.38. The zero-order valence-corrected chi connectivity index (χ0v) is 20.0. The fourth-order valence-corrected chi connectivity index (χ4v) is 6.65. The summed E-state index contributed by atoms with van der Waals surface area (Å²) in [5.74, 6) is 1.74. The Balaban J connectivity index is 1.71. The van der Waals surface area contributed by atoms with Crippen LogP contribution in [0.5, 0.6) is 0 Å². The van der Waals surface area contributed by atoms with Crippen LogP contribution in [0.4, 0.5) is 0 Å². The van der Waals surface area contributed by atoms with Crippen LogP contribution >= 0.6 is 0 Å². The van der Waals surface area contributed by atoms with Crippen LogP contribution in [0.3, 0.4) is 0 Å². The first-order valence-electron chi connectivity index (χ1n) is 12.3. The van der Waals surface area contributed by atoms with Crippen molar-refractivity contribution in [2.45, 2.75) is 109 Å². The first kappa shape index (κ1) is 24.7. The van der Waals surface area contributed by atoms with Crippen LogP contribution in [0.15, 0.2) is 35.5 Å². The monoisotopic (exact) mass is 432 g/mol. The summed E-state index contributed by atoms with van der Waals surface area (Å²) in [4.78, 5) is 0. The molecule has 3 saturated carbocycles. The van der Waals surface area contributed by atoms with E-state index in [1.807, 2.05) is 0 Å². The van der Waals surface area contributed by atoms with E-state index in [0.717, 1.165) is 24.0 Å². The van der Waals surface area contributed by atoms with Crippen molar-refractivity contribution in [1.29, 1.82) is 0 Å². The van der Waals surface area contributed by atoms with Crippen LogP contribution in [-0.2, 0) is 0 Å². The lowest BCUT2D eigenvalue weighted by Crippen LogP contribution is -2.38. The minimum absolute atomic E-state index is 0.282. The van der Waals surface area contributed by atoms with Crippen molar-refractivity contribution in [1.82, 2.24) is 0 Å². The molecule has 0 aromatic heterocycles. The third-order valence-electron chi connectivity index (χ3n) is 8.70. The molecule has 0 amide bonds. The van der Waals surface area contributed by atoms with Gasteiger partial charge in [0, 0.05) is 6.42 Å². The summed E-state index contributed by atoms with van der Waals surface area (Å²) < 4.78 is 0. The van der Waals surface area contributed by atoms with Crippen LogP contribution in [0.2, 0.25) is 0 Å². The fraction of sp³-hybridized carbons (Fsp3) is 0.778. The molecule has 0 aromatic rings. The van der Waals surface area contributed by atoms with Gasteiger partial charge in [0.05, 0.1) is 23.9 Å². The molecule has 4 nitrogen and oxygen atoms in total. The second-order valence-corrected chi connectivity index (χ2v) is 11.4. The lowest BCUT2D eigenvalue weighted by Gasteiger charge is -2.44. The van der Waals surface area contributed by atoms with Crippen molar-refractivity contribution in [2.75, 3.05) is 0 Å². The first-order chi connectivity index (χ1) is 14.4. The van der Waals surface area contributed by atoms with Crippen molar-refractivity contribution >= 4 is 0 Å². The van der Waals surface area contributed by atoms with E-state index in [1.165, 1.54) is 31.3 Å². The minimum Gasteiger partial charge on any atom is -0.393 e. The Labute approximate surface area is 188 Å². The van der Waals surface area contributed by atoms with Gasteiger partial charge >= 0.3 is 0 Å². The number of aliphatic hydroxyl groups excluding tert-OH is 3. The van der Waals surface area contributed by atoms with E-state index in [-0.39, 0.29) is 5.41 Å². The molecule has 3 aliphatic carbocycles. The van der Waals surface area contributed by atoms with Crippen LogP contribution in [0.25, 0.3) is 0 Å². The highest BCUT2D eigenvalue weighted by Crippen LogP contribution is 2.60. The van der Waals surface area contributed by atoms with Gasteiger partial charge in [-0.3, -0.25) is 0 Å². The van der Waals surface area contributed by atoms with Gasteiger partial charge in [0.15, 0.2) is 0 Å². The van der Waals surface area contributed by atoms with E-state index < -0.39 is 23.9 Å². The summed E-state index contributed by atoms with van der Waals surface area (Å²) in [6, 6.07) is 0. The number of hydrogen-bond acceptors (Lipinski definition) is 4. The molecular weight excluding hydrogens is 388 g/mol. The summed E-state index contributed by atoms with van der Waals surface area (Å²) in [5.41, 5.74) is 2.48. The molecule has 1 unspecified atom stereocenters. The standard InChI is InChI=1S/C27H44O4/c1-17(8-13-25(30)26(3,4)31)22-11-12-23-19(7-6-14-27(22,23)5)9-10-20-15-21(28)16-24(29)18(20)2/h9-10,17,21-25,28-31H,2,6-8,11-16H2,1,3-5H3/t17-,21-,22-,23?,24+,25+,27-/m1/s1. The number of rotatable bonds is 6. The molecule has 4 heteroatoms. The summed E-state index contributed by atoms with van der Waals surface area (Å²) in [7, 11) is 0.